The minimum Gasteiger partial charge on any atom is -0.455 e. The lowest BCUT2D eigenvalue weighted by atomic mass is 9.81. The van der Waals surface area contributed by atoms with Crippen LogP contribution >= 0.6 is 0 Å². The van der Waals surface area contributed by atoms with Crippen molar-refractivity contribution in [3.8, 4) is 55.6 Å². The average Bonchev–Trinajstić information content (AvgIpc) is 3.91. The summed E-state index contributed by atoms with van der Waals surface area (Å²) in [5.41, 5.74) is 19.8. The highest BCUT2D eigenvalue weighted by atomic mass is 16.3. The molecule has 0 saturated carbocycles. The molecule has 0 N–H and O–H groups in total. The fourth-order valence-corrected chi connectivity index (χ4v) is 11.5. The van der Waals surface area contributed by atoms with Gasteiger partial charge in [-0.05, 0) is 161 Å². The lowest BCUT2D eigenvalue weighted by Gasteiger charge is -2.26. The van der Waals surface area contributed by atoms with E-state index in [1.807, 2.05) is 25.2 Å². The molecular formula is C70H51NO. The summed E-state index contributed by atoms with van der Waals surface area (Å²) in [6.45, 7) is 10.8. The van der Waals surface area contributed by atoms with Crippen LogP contribution in [0.5, 0.6) is 0 Å². The first-order valence-electron chi connectivity index (χ1n) is 25.0. The minimum absolute atomic E-state index is 0.0626. The van der Waals surface area contributed by atoms with E-state index in [2.05, 4.69) is 250 Å². The van der Waals surface area contributed by atoms with Crippen LogP contribution in [0.2, 0.25) is 0 Å². The number of allylic oxidation sites excluding steroid dienone is 1. The van der Waals surface area contributed by atoms with Gasteiger partial charge in [0.15, 0.2) is 0 Å². The number of hydrogen-bond donors (Lipinski definition) is 0. The Balaban J connectivity index is 0.832. The van der Waals surface area contributed by atoms with E-state index in [4.69, 9.17) is 4.42 Å². The molecule has 1 aliphatic carbocycles. The molecule has 2 heteroatoms. The predicted molar refractivity (Wildman–Crippen MR) is 308 cm³/mol. The maximum Gasteiger partial charge on any atom is 0.143 e. The van der Waals surface area contributed by atoms with Crippen molar-refractivity contribution in [1.29, 1.82) is 0 Å². The highest BCUT2D eigenvalue weighted by molar-refractivity contribution is 6.26. The van der Waals surface area contributed by atoms with Crippen LogP contribution < -0.4 is 4.90 Å². The summed E-state index contributed by atoms with van der Waals surface area (Å²) in [5, 5.41) is 8.85. The summed E-state index contributed by atoms with van der Waals surface area (Å²) in [5.74, 6) is 0.822. The Morgan fingerprint density at radius 3 is 1.49 bits per heavy atom. The molecule has 0 amide bonds. The molecule has 11 aromatic carbocycles. The standard InChI is InChI=1S/C70H51NO/c1-5-15-68-55(6-2)61-22-14-21-56(69(61)72-68)50-32-39-54(40-33-50)71(52-35-28-47(29-36-52)45-16-8-7-9-17-45)53-37-30-48(31-38-53)46-24-26-49(27-25-46)51-34-41-59-62(42-51)57-18-10-11-19-58(57)63-43-65-60-20-12-13-23-66(60)70(3,4)67(65)44-64(59)63/h5-44H,2H2,1,3-4H3/b15-5-. The number of anilines is 3. The van der Waals surface area contributed by atoms with Crippen LogP contribution in [0.4, 0.5) is 17.1 Å². The average molecular weight is 922 g/mol. The molecule has 1 aliphatic rings. The second-order valence-corrected chi connectivity index (χ2v) is 19.6. The Labute approximate surface area is 421 Å². The van der Waals surface area contributed by atoms with Gasteiger partial charge in [0.2, 0.25) is 0 Å². The van der Waals surface area contributed by atoms with E-state index >= 15 is 0 Å². The van der Waals surface area contributed by atoms with Gasteiger partial charge in [-0.2, -0.15) is 0 Å². The summed E-state index contributed by atoms with van der Waals surface area (Å²) < 4.78 is 6.45. The number of fused-ring (bicyclic) bond motifs is 10. The van der Waals surface area contributed by atoms with E-state index in [9.17, 15) is 0 Å². The third-order valence-corrected chi connectivity index (χ3v) is 15.2. The molecule has 72 heavy (non-hydrogen) atoms. The summed E-state index contributed by atoms with van der Waals surface area (Å²) in [6.07, 6.45) is 5.89. The highest BCUT2D eigenvalue weighted by Crippen LogP contribution is 2.51. The SMILES string of the molecule is C=Cc1c(/C=C\C)oc2c(-c3ccc(N(c4ccc(-c5ccccc5)cc4)c4ccc(-c5ccc(-c6ccc7c(c6)c6ccccc6c6cc8c(cc76)C(C)(C)c6ccccc6-8)cc5)cc4)cc3)cccc12. The van der Waals surface area contributed by atoms with Crippen molar-refractivity contribution in [2.75, 3.05) is 4.90 Å². The van der Waals surface area contributed by atoms with E-state index in [1.165, 1.54) is 82.4 Å². The van der Waals surface area contributed by atoms with Crippen molar-refractivity contribution in [2.24, 2.45) is 0 Å². The fourth-order valence-electron chi connectivity index (χ4n) is 11.5. The van der Waals surface area contributed by atoms with Crippen LogP contribution in [-0.2, 0) is 5.41 Å². The molecule has 0 bridgehead atoms. The van der Waals surface area contributed by atoms with Crippen LogP contribution in [0, 0.1) is 0 Å². The minimum atomic E-state index is -0.0626. The van der Waals surface area contributed by atoms with Gasteiger partial charge in [0.25, 0.3) is 0 Å². The van der Waals surface area contributed by atoms with Gasteiger partial charge in [-0.3, -0.25) is 0 Å². The second-order valence-electron chi connectivity index (χ2n) is 19.6. The van der Waals surface area contributed by atoms with Crippen LogP contribution in [0.25, 0.3) is 111 Å². The van der Waals surface area contributed by atoms with Gasteiger partial charge in [0.05, 0.1) is 0 Å². The third kappa shape index (κ3) is 7.01. The highest BCUT2D eigenvalue weighted by Gasteiger charge is 2.35. The number of benzene rings is 11. The van der Waals surface area contributed by atoms with E-state index in [-0.39, 0.29) is 5.41 Å². The summed E-state index contributed by atoms with van der Waals surface area (Å²) in [7, 11) is 0. The number of hydrogen-bond acceptors (Lipinski definition) is 2. The summed E-state index contributed by atoms with van der Waals surface area (Å²) in [4.78, 5) is 2.33. The van der Waals surface area contributed by atoms with Crippen molar-refractivity contribution in [1.82, 2.24) is 0 Å². The Morgan fingerprint density at radius 2 is 0.861 bits per heavy atom. The predicted octanol–water partition coefficient (Wildman–Crippen LogP) is 20.0. The molecule has 0 unspecified atom stereocenters. The number of rotatable bonds is 9. The lowest BCUT2D eigenvalue weighted by molar-refractivity contribution is 0.604. The number of para-hydroxylation sites is 1. The molecule has 2 nitrogen and oxygen atoms in total. The molecule has 12 aromatic rings. The van der Waals surface area contributed by atoms with Gasteiger partial charge in [0.1, 0.15) is 11.3 Å². The Kier molecular flexibility index (Phi) is 10.3. The molecule has 0 spiro atoms. The van der Waals surface area contributed by atoms with E-state index in [0.717, 1.165) is 56.0 Å². The molecule has 1 aromatic heterocycles. The van der Waals surface area contributed by atoms with Gasteiger partial charge in [-0.15, -0.1) is 0 Å². The zero-order valence-corrected chi connectivity index (χ0v) is 40.7. The maximum absolute atomic E-state index is 6.45. The smallest absolute Gasteiger partial charge is 0.143 e. The van der Waals surface area contributed by atoms with Gasteiger partial charge >= 0.3 is 0 Å². The molecule has 0 radical (unpaired) electrons. The van der Waals surface area contributed by atoms with E-state index in [0.29, 0.717) is 0 Å². The van der Waals surface area contributed by atoms with Crippen LogP contribution in [-0.4, -0.2) is 0 Å². The number of nitrogens with zero attached hydrogens (tertiary/aromatic N) is 1. The second kappa shape index (κ2) is 17.2. The Hall–Kier alpha value is -8.98. The molecule has 0 aliphatic heterocycles. The maximum atomic E-state index is 6.45. The topological polar surface area (TPSA) is 16.4 Å². The molecular weight excluding hydrogens is 871 g/mol. The molecule has 13 rings (SSSR count). The van der Waals surface area contributed by atoms with E-state index in [1.54, 1.807) is 0 Å². The van der Waals surface area contributed by atoms with Crippen molar-refractivity contribution in [3.63, 3.8) is 0 Å². The largest absolute Gasteiger partial charge is 0.455 e. The normalized spacial score (nSPS) is 12.8. The van der Waals surface area contributed by atoms with Gasteiger partial charge in [-0.1, -0.05) is 202 Å². The lowest BCUT2D eigenvalue weighted by Crippen LogP contribution is -2.14. The third-order valence-electron chi connectivity index (χ3n) is 15.2. The molecule has 342 valence electrons. The quantitative estimate of drug-likeness (QED) is 0.134. The fraction of sp³-hybridized carbons (Fsp3) is 0.0571. The summed E-state index contributed by atoms with van der Waals surface area (Å²) >= 11 is 0. The van der Waals surface area contributed by atoms with Crippen molar-refractivity contribution in [2.45, 2.75) is 26.2 Å². The van der Waals surface area contributed by atoms with Crippen LogP contribution in [0.1, 0.15) is 43.2 Å². The number of furan rings is 1. The zero-order valence-electron chi connectivity index (χ0n) is 40.7. The van der Waals surface area contributed by atoms with Crippen LogP contribution in [0.15, 0.2) is 242 Å². The Bertz CT molecular complexity index is 4100. The van der Waals surface area contributed by atoms with Crippen molar-refractivity contribution >= 4 is 72.5 Å². The van der Waals surface area contributed by atoms with Crippen LogP contribution in [0.3, 0.4) is 0 Å². The summed E-state index contributed by atoms with van der Waals surface area (Å²) in [6, 6.07) is 82.4. The van der Waals surface area contributed by atoms with E-state index < -0.39 is 0 Å². The molecule has 0 fully saturated rings. The first-order chi connectivity index (χ1) is 35.4. The van der Waals surface area contributed by atoms with Crippen molar-refractivity contribution < 1.29 is 4.42 Å². The monoisotopic (exact) mass is 921 g/mol. The van der Waals surface area contributed by atoms with Gasteiger partial charge in [-0.25, -0.2) is 0 Å². The first kappa shape index (κ1) is 43.1. The zero-order chi connectivity index (χ0) is 48.5. The Morgan fingerprint density at radius 1 is 0.389 bits per heavy atom. The molecule has 1 heterocycles. The molecule has 0 saturated heterocycles. The van der Waals surface area contributed by atoms with Crippen molar-refractivity contribution in [3.05, 3.63) is 260 Å². The first-order valence-corrected chi connectivity index (χ1v) is 25.0. The molecule has 0 atom stereocenters. The van der Waals surface area contributed by atoms with Gasteiger partial charge < -0.3 is 9.32 Å². The van der Waals surface area contributed by atoms with Gasteiger partial charge in [0, 0.05) is 39.0 Å².